The number of methoxy groups -OCH3 is 1. The first kappa shape index (κ1) is 27.8. The van der Waals surface area contributed by atoms with Crippen molar-refractivity contribution >= 4 is 17.6 Å². The SMILES string of the molecule is COC[C@H](c1cnn2cc(C(NC(=O)c3nonc3C)C3CCCCCC3)nc2c1)N1C[C@@H](C(F)(F)F)NC1=O. The van der Waals surface area contributed by atoms with Crippen LogP contribution in [0.25, 0.3) is 5.65 Å². The molecule has 2 N–H and O–H groups in total. The van der Waals surface area contributed by atoms with Crippen molar-refractivity contribution in [2.75, 3.05) is 20.3 Å². The van der Waals surface area contributed by atoms with Crippen molar-refractivity contribution in [2.45, 2.75) is 69.8 Å². The molecule has 1 saturated heterocycles. The smallest absolute Gasteiger partial charge is 0.382 e. The van der Waals surface area contributed by atoms with Gasteiger partial charge in [-0.25, -0.2) is 18.9 Å². The zero-order chi connectivity index (χ0) is 28.4. The van der Waals surface area contributed by atoms with Crippen molar-refractivity contribution in [3.63, 3.8) is 0 Å². The van der Waals surface area contributed by atoms with Crippen LogP contribution in [0.5, 0.6) is 0 Å². The standard InChI is InChI=1S/C25H31F3N8O4/c1-14-21(34-40-33-14)23(37)32-22(15-7-5-3-4-6-8-15)17-11-36-20(30-17)9-16(10-29-36)18(13-39-2)35-12-19(25(26,27)28)31-24(35)38/h9-11,15,18-19,22H,3-8,12-13H2,1-2H3,(H,31,38)(H,32,37)/t18-,19+,22?/m1/s1. The highest BCUT2D eigenvalue weighted by atomic mass is 19.4. The number of ether oxygens (including phenoxy) is 1. The Balaban J connectivity index is 1.45. The molecule has 2 aliphatic rings. The van der Waals surface area contributed by atoms with E-state index in [9.17, 15) is 22.8 Å². The zero-order valence-electron chi connectivity index (χ0n) is 22.1. The second-order valence-electron chi connectivity index (χ2n) is 10.3. The Morgan fingerprint density at radius 1 is 1.25 bits per heavy atom. The number of carbonyl (C=O) groups is 2. The van der Waals surface area contributed by atoms with E-state index in [4.69, 9.17) is 14.3 Å². The molecule has 3 aromatic rings. The number of imidazole rings is 1. The van der Waals surface area contributed by atoms with E-state index in [1.807, 2.05) is 5.32 Å². The van der Waals surface area contributed by atoms with E-state index in [0.29, 0.717) is 22.6 Å². The number of halogens is 3. The summed E-state index contributed by atoms with van der Waals surface area (Å²) in [6.45, 7) is 1.05. The molecule has 3 aromatic heterocycles. The van der Waals surface area contributed by atoms with E-state index in [1.54, 1.807) is 23.7 Å². The minimum atomic E-state index is -4.57. The van der Waals surface area contributed by atoms with Gasteiger partial charge in [0, 0.05) is 12.7 Å². The Labute approximate surface area is 227 Å². The van der Waals surface area contributed by atoms with Crippen LogP contribution in [-0.4, -0.2) is 74.2 Å². The van der Waals surface area contributed by atoms with Crippen LogP contribution in [0.3, 0.4) is 0 Å². The normalized spacial score (nSPS) is 20.4. The molecule has 3 amide bonds. The summed E-state index contributed by atoms with van der Waals surface area (Å²) in [5.74, 6) is -0.289. The van der Waals surface area contributed by atoms with Gasteiger partial charge in [0.1, 0.15) is 11.7 Å². The Kier molecular flexibility index (Phi) is 7.92. The molecule has 2 fully saturated rings. The number of aromatic nitrogens is 5. The van der Waals surface area contributed by atoms with Gasteiger partial charge in [0.25, 0.3) is 5.91 Å². The highest BCUT2D eigenvalue weighted by Crippen LogP contribution is 2.34. The minimum absolute atomic E-state index is 0.0325. The lowest BCUT2D eigenvalue weighted by Crippen LogP contribution is -2.40. The molecule has 216 valence electrons. The predicted molar refractivity (Wildman–Crippen MR) is 133 cm³/mol. The molecule has 3 atom stereocenters. The molecule has 15 heteroatoms. The summed E-state index contributed by atoms with van der Waals surface area (Å²) in [6, 6.07) is -2.37. The van der Waals surface area contributed by atoms with Gasteiger partial charge in [0.2, 0.25) is 0 Å². The molecule has 0 spiro atoms. The summed E-state index contributed by atoms with van der Waals surface area (Å²) in [4.78, 5) is 31.4. The van der Waals surface area contributed by atoms with E-state index in [0.717, 1.165) is 43.4 Å². The van der Waals surface area contributed by atoms with Crippen LogP contribution in [-0.2, 0) is 4.74 Å². The lowest BCUT2D eigenvalue weighted by molar-refractivity contribution is -0.150. The molecule has 0 bridgehead atoms. The highest BCUT2D eigenvalue weighted by Gasteiger charge is 2.48. The summed E-state index contributed by atoms with van der Waals surface area (Å²) >= 11 is 0. The topological polar surface area (TPSA) is 140 Å². The molecular weight excluding hydrogens is 533 g/mol. The second kappa shape index (κ2) is 11.4. The molecule has 1 unspecified atom stereocenters. The molecular formula is C25H31F3N8O4. The Hall–Kier alpha value is -3.75. The van der Waals surface area contributed by atoms with E-state index >= 15 is 0 Å². The fourth-order valence-electron chi connectivity index (χ4n) is 5.50. The van der Waals surface area contributed by atoms with E-state index in [1.165, 1.54) is 13.3 Å². The van der Waals surface area contributed by atoms with Gasteiger partial charge < -0.3 is 20.3 Å². The number of urea groups is 1. The molecule has 4 heterocycles. The number of nitrogens with zero attached hydrogens (tertiary/aromatic N) is 6. The van der Waals surface area contributed by atoms with Crippen LogP contribution in [0, 0.1) is 12.8 Å². The average Bonchev–Trinajstić information content (AvgIpc) is 3.58. The molecule has 0 radical (unpaired) electrons. The number of hydrogen-bond acceptors (Lipinski definition) is 8. The summed E-state index contributed by atoms with van der Waals surface area (Å²) in [5.41, 5.74) is 1.97. The lowest BCUT2D eigenvalue weighted by atomic mass is 9.90. The van der Waals surface area contributed by atoms with Crippen molar-refractivity contribution < 1.29 is 32.1 Å². The van der Waals surface area contributed by atoms with E-state index < -0.39 is 42.8 Å². The maximum Gasteiger partial charge on any atom is 0.410 e. The number of fused-ring (bicyclic) bond motifs is 1. The molecule has 40 heavy (non-hydrogen) atoms. The minimum Gasteiger partial charge on any atom is -0.382 e. The number of aryl methyl sites for hydroxylation is 1. The fourth-order valence-corrected chi connectivity index (χ4v) is 5.50. The van der Waals surface area contributed by atoms with E-state index in [2.05, 4.69) is 20.7 Å². The van der Waals surface area contributed by atoms with Gasteiger partial charge in [0.15, 0.2) is 11.3 Å². The van der Waals surface area contributed by atoms with Crippen LogP contribution in [0.2, 0.25) is 0 Å². The number of hydrogen-bond donors (Lipinski definition) is 2. The Morgan fingerprint density at radius 3 is 2.62 bits per heavy atom. The van der Waals surface area contributed by atoms with Crippen LogP contribution in [0.4, 0.5) is 18.0 Å². The largest absolute Gasteiger partial charge is 0.410 e. The van der Waals surface area contributed by atoms with Gasteiger partial charge in [0.05, 0.1) is 43.3 Å². The van der Waals surface area contributed by atoms with Crippen LogP contribution in [0.15, 0.2) is 23.1 Å². The van der Waals surface area contributed by atoms with Gasteiger partial charge in [-0.15, -0.1) is 0 Å². The quantitative estimate of drug-likeness (QED) is 0.396. The first-order valence-electron chi connectivity index (χ1n) is 13.2. The molecule has 0 aromatic carbocycles. The van der Waals surface area contributed by atoms with Crippen LogP contribution < -0.4 is 10.6 Å². The monoisotopic (exact) mass is 564 g/mol. The van der Waals surface area contributed by atoms with Gasteiger partial charge in [-0.1, -0.05) is 30.8 Å². The molecule has 1 saturated carbocycles. The van der Waals surface area contributed by atoms with Crippen molar-refractivity contribution in [1.82, 2.24) is 40.4 Å². The first-order valence-corrected chi connectivity index (χ1v) is 13.2. The number of amides is 3. The number of rotatable bonds is 8. The molecule has 12 nitrogen and oxygen atoms in total. The van der Waals surface area contributed by atoms with Gasteiger partial charge >= 0.3 is 12.2 Å². The third kappa shape index (κ3) is 5.74. The molecule has 5 rings (SSSR count). The van der Waals surface area contributed by atoms with Crippen molar-refractivity contribution in [1.29, 1.82) is 0 Å². The third-order valence-corrected chi connectivity index (χ3v) is 7.62. The van der Waals surface area contributed by atoms with Crippen LogP contribution >= 0.6 is 0 Å². The highest BCUT2D eigenvalue weighted by molar-refractivity contribution is 5.93. The van der Waals surface area contributed by atoms with Crippen LogP contribution in [0.1, 0.15) is 78.0 Å². The Morgan fingerprint density at radius 2 is 2.00 bits per heavy atom. The Bertz CT molecular complexity index is 1350. The summed E-state index contributed by atoms with van der Waals surface area (Å²) in [5, 5.41) is 16.9. The number of nitrogens with one attached hydrogen (secondary N) is 2. The van der Waals surface area contributed by atoms with Crippen molar-refractivity contribution in [3.8, 4) is 0 Å². The third-order valence-electron chi connectivity index (χ3n) is 7.62. The van der Waals surface area contributed by atoms with Gasteiger partial charge in [-0.2, -0.15) is 18.3 Å². The second-order valence-corrected chi connectivity index (χ2v) is 10.3. The number of alkyl halides is 3. The predicted octanol–water partition coefficient (Wildman–Crippen LogP) is 3.51. The van der Waals surface area contributed by atoms with E-state index in [-0.39, 0.29) is 18.2 Å². The van der Waals surface area contributed by atoms with Gasteiger partial charge in [-0.3, -0.25) is 4.79 Å². The molecule has 1 aliphatic heterocycles. The first-order chi connectivity index (χ1) is 19.2. The summed E-state index contributed by atoms with van der Waals surface area (Å²) < 4.78 is 51.4. The van der Waals surface area contributed by atoms with Crippen molar-refractivity contribution in [2.24, 2.45) is 5.92 Å². The number of carbonyl (C=O) groups excluding carboxylic acids is 2. The van der Waals surface area contributed by atoms with Gasteiger partial charge in [-0.05, 0) is 36.9 Å². The molecule has 1 aliphatic carbocycles. The maximum atomic E-state index is 13.3. The summed E-state index contributed by atoms with van der Waals surface area (Å²) in [6.07, 6.45) is 4.79. The van der Waals surface area contributed by atoms with Crippen molar-refractivity contribution in [3.05, 3.63) is 41.1 Å². The summed E-state index contributed by atoms with van der Waals surface area (Å²) in [7, 11) is 1.41. The zero-order valence-corrected chi connectivity index (χ0v) is 22.1. The average molecular weight is 565 g/mol. The lowest BCUT2D eigenvalue weighted by Gasteiger charge is -2.26. The fraction of sp³-hybridized carbons (Fsp3) is 0.600. The maximum absolute atomic E-state index is 13.3.